The Morgan fingerprint density at radius 1 is 1.26 bits per heavy atom. The Bertz CT molecular complexity index is 596. The van der Waals surface area contributed by atoms with E-state index < -0.39 is 0 Å². The van der Waals surface area contributed by atoms with E-state index in [1.165, 1.54) is 24.0 Å². The first-order valence-corrected chi connectivity index (χ1v) is 6.86. The third kappa shape index (κ3) is 2.68. The number of hydrogen-bond acceptors (Lipinski definition) is 3. The van der Waals surface area contributed by atoms with E-state index in [-0.39, 0.29) is 0 Å². The minimum atomic E-state index is 0.702. The maximum atomic E-state index is 4.68. The van der Waals surface area contributed by atoms with Crippen molar-refractivity contribution < 1.29 is 0 Å². The van der Waals surface area contributed by atoms with Gasteiger partial charge in [0.1, 0.15) is 0 Å². The standard InChI is InChI=1S/C15H20N4/c1-10-8-12(3)17-15(19-7-6-11(2)18-19)14(10)9-16-13-4-5-13/h6-8,13,16H,4-5,9H2,1-3H3. The molecule has 4 nitrogen and oxygen atoms in total. The van der Waals surface area contributed by atoms with Crippen LogP contribution < -0.4 is 5.32 Å². The second-order valence-electron chi connectivity index (χ2n) is 5.44. The van der Waals surface area contributed by atoms with Gasteiger partial charge in [-0.15, -0.1) is 0 Å². The van der Waals surface area contributed by atoms with Crippen molar-refractivity contribution in [2.24, 2.45) is 0 Å². The van der Waals surface area contributed by atoms with Crippen LogP contribution in [0.25, 0.3) is 5.82 Å². The van der Waals surface area contributed by atoms with Crippen LogP contribution in [0.3, 0.4) is 0 Å². The van der Waals surface area contributed by atoms with Crippen LogP contribution >= 0.6 is 0 Å². The van der Waals surface area contributed by atoms with Gasteiger partial charge in [-0.05, 0) is 51.3 Å². The summed E-state index contributed by atoms with van der Waals surface area (Å²) in [4.78, 5) is 4.68. The smallest absolute Gasteiger partial charge is 0.158 e. The Kier molecular flexibility index (Phi) is 3.11. The summed E-state index contributed by atoms with van der Waals surface area (Å²) >= 11 is 0. The predicted molar refractivity (Wildman–Crippen MR) is 75.4 cm³/mol. The van der Waals surface area contributed by atoms with Crippen LogP contribution in [0.1, 0.15) is 35.4 Å². The summed E-state index contributed by atoms with van der Waals surface area (Å²) in [6, 6.07) is 4.86. The average Bonchev–Trinajstić information content (AvgIpc) is 3.08. The van der Waals surface area contributed by atoms with Gasteiger partial charge in [-0.1, -0.05) is 0 Å². The molecule has 100 valence electrons. The van der Waals surface area contributed by atoms with Gasteiger partial charge in [-0.3, -0.25) is 0 Å². The zero-order valence-electron chi connectivity index (χ0n) is 11.8. The van der Waals surface area contributed by atoms with Crippen molar-refractivity contribution in [3.63, 3.8) is 0 Å². The van der Waals surface area contributed by atoms with E-state index in [1.54, 1.807) is 0 Å². The van der Waals surface area contributed by atoms with Crippen LogP contribution in [-0.4, -0.2) is 20.8 Å². The molecule has 0 bridgehead atoms. The van der Waals surface area contributed by atoms with Crippen LogP contribution in [0.5, 0.6) is 0 Å². The van der Waals surface area contributed by atoms with Crippen molar-refractivity contribution in [2.75, 3.05) is 0 Å². The lowest BCUT2D eigenvalue weighted by Crippen LogP contribution is -2.19. The number of aromatic nitrogens is 3. The molecule has 2 aromatic rings. The number of rotatable bonds is 4. The molecular weight excluding hydrogens is 236 g/mol. The fraction of sp³-hybridized carbons (Fsp3) is 0.467. The van der Waals surface area contributed by atoms with Gasteiger partial charge < -0.3 is 5.32 Å². The van der Waals surface area contributed by atoms with Gasteiger partial charge in [-0.2, -0.15) is 5.10 Å². The van der Waals surface area contributed by atoms with Gasteiger partial charge in [0, 0.05) is 30.0 Å². The quantitative estimate of drug-likeness (QED) is 0.913. The van der Waals surface area contributed by atoms with Gasteiger partial charge in [0.05, 0.1) is 5.69 Å². The highest BCUT2D eigenvalue weighted by Crippen LogP contribution is 2.22. The Balaban J connectivity index is 1.99. The molecule has 0 atom stereocenters. The SMILES string of the molecule is Cc1cc(C)c(CNC2CC2)c(-n2ccc(C)n2)n1. The van der Waals surface area contributed by atoms with Gasteiger partial charge in [-0.25, -0.2) is 9.67 Å². The molecule has 1 aliphatic carbocycles. The number of nitrogens with zero attached hydrogens (tertiary/aromatic N) is 3. The third-order valence-electron chi connectivity index (χ3n) is 3.54. The minimum Gasteiger partial charge on any atom is -0.310 e. The molecular formula is C15H20N4. The zero-order chi connectivity index (χ0) is 13.4. The molecule has 1 N–H and O–H groups in total. The van der Waals surface area contributed by atoms with Crippen molar-refractivity contribution in [1.82, 2.24) is 20.1 Å². The number of hydrogen-bond donors (Lipinski definition) is 1. The van der Waals surface area contributed by atoms with Crippen LogP contribution in [0, 0.1) is 20.8 Å². The number of aryl methyl sites for hydroxylation is 3. The fourth-order valence-electron chi connectivity index (χ4n) is 2.32. The second kappa shape index (κ2) is 4.78. The molecule has 1 aliphatic rings. The van der Waals surface area contributed by atoms with Crippen LogP contribution in [0.4, 0.5) is 0 Å². The average molecular weight is 256 g/mol. The minimum absolute atomic E-state index is 0.702. The third-order valence-corrected chi connectivity index (χ3v) is 3.54. The van der Waals surface area contributed by atoms with Gasteiger partial charge in [0.15, 0.2) is 5.82 Å². The van der Waals surface area contributed by atoms with Crippen molar-refractivity contribution in [2.45, 2.75) is 46.2 Å². The highest BCUT2D eigenvalue weighted by Gasteiger charge is 2.21. The summed E-state index contributed by atoms with van der Waals surface area (Å²) in [5.41, 5.74) is 4.59. The summed E-state index contributed by atoms with van der Waals surface area (Å²) in [5.74, 6) is 0.957. The molecule has 3 rings (SSSR count). The Hall–Kier alpha value is -1.68. The monoisotopic (exact) mass is 256 g/mol. The van der Waals surface area contributed by atoms with Crippen LogP contribution in [-0.2, 0) is 6.54 Å². The molecule has 0 radical (unpaired) electrons. The van der Waals surface area contributed by atoms with Gasteiger partial charge >= 0.3 is 0 Å². The molecule has 0 spiro atoms. The molecule has 0 saturated heterocycles. The van der Waals surface area contributed by atoms with Gasteiger partial charge in [0.25, 0.3) is 0 Å². The normalized spacial score (nSPS) is 14.9. The molecule has 2 aromatic heterocycles. The highest BCUT2D eigenvalue weighted by molar-refractivity contribution is 5.41. The lowest BCUT2D eigenvalue weighted by molar-refractivity contribution is 0.672. The first kappa shape index (κ1) is 12.4. The Labute approximate surface area is 113 Å². The van der Waals surface area contributed by atoms with E-state index in [0.717, 1.165) is 23.8 Å². The Morgan fingerprint density at radius 3 is 2.68 bits per heavy atom. The maximum Gasteiger partial charge on any atom is 0.158 e. The molecule has 4 heteroatoms. The lowest BCUT2D eigenvalue weighted by atomic mass is 10.1. The molecule has 1 fully saturated rings. The van der Waals surface area contributed by atoms with Crippen LogP contribution in [0.2, 0.25) is 0 Å². The lowest BCUT2D eigenvalue weighted by Gasteiger charge is -2.13. The Morgan fingerprint density at radius 2 is 2.05 bits per heavy atom. The van der Waals surface area contributed by atoms with Crippen LogP contribution in [0.15, 0.2) is 18.3 Å². The van der Waals surface area contributed by atoms with E-state index in [9.17, 15) is 0 Å². The van der Waals surface area contributed by atoms with E-state index in [0.29, 0.717) is 6.04 Å². The van der Waals surface area contributed by atoms with Gasteiger partial charge in [0.2, 0.25) is 0 Å². The summed E-state index contributed by atoms with van der Waals surface area (Å²) < 4.78 is 1.89. The predicted octanol–water partition coefficient (Wildman–Crippen LogP) is 2.44. The van der Waals surface area contributed by atoms with E-state index >= 15 is 0 Å². The maximum absolute atomic E-state index is 4.68. The molecule has 2 heterocycles. The van der Waals surface area contributed by atoms with E-state index in [2.05, 4.69) is 28.4 Å². The van der Waals surface area contributed by atoms with Crippen molar-refractivity contribution in [3.8, 4) is 5.82 Å². The molecule has 0 amide bonds. The van der Waals surface area contributed by atoms with E-state index in [1.807, 2.05) is 30.8 Å². The largest absolute Gasteiger partial charge is 0.310 e. The topological polar surface area (TPSA) is 42.7 Å². The summed E-state index contributed by atoms with van der Waals surface area (Å²) in [5, 5.41) is 8.06. The summed E-state index contributed by atoms with van der Waals surface area (Å²) in [6.45, 7) is 7.06. The van der Waals surface area contributed by atoms with Crippen molar-refractivity contribution in [3.05, 3.63) is 40.8 Å². The fourth-order valence-corrected chi connectivity index (χ4v) is 2.32. The molecule has 1 saturated carbocycles. The number of pyridine rings is 1. The van der Waals surface area contributed by atoms with E-state index in [4.69, 9.17) is 0 Å². The number of nitrogens with one attached hydrogen (secondary N) is 1. The zero-order valence-corrected chi connectivity index (χ0v) is 11.8. The summed E-state index contributed by atoms with van der Waals surface area (Å²) in [6.07, 6.45) is 4.58. The highest BCUT2D eigenvalue weighted by atomic mass is 15.3. The van der Waals surface area contributed by atoms with Crippen molar-refractivity contribution in [1.29, 1.82) is 0 Å². The summed E-state index contributed by atoms with van der Waals surface area (Å²) in [7, 11) is 0. The molecule has 0 aromatic carbocycles. The van der Waals surface area contributed by atoms with Crippen molar-refractivity contribution >= 4 is 0 Å². The molecule has 0 unspecified atom stereocenters. The first-order valence-electron chi connectivity index (χ1n) is 6.86. The first-order chi connectivity index (χ1) is 9.13. The molecule has 19 heavy (non-hydrogen) atoms. The second-order valence-corrected chi connectivity index (χ2v) is 5.44. The molecule has 0 aliphatic heterocycles.